The first-order chi connectivity index (χ1) is 8.50. The molecule has 0 bridgehead atoms. The standard InChI is InChI=1S/C14H28N2O2/c1-4-12-6-5-8-14(9-7-12,13(17)18)15-10-11-16(2)3/h12,15H,4-11H2,1-3H3,(H,17,18). The highest BCUT2D eigenvalue weighted by Crippen LogP contribution is 2.32. The van der Waals surface area contributed by atoms with Crippen LogP contribution in [0, 0.1) is 5.92 Å². The van der Waals surface area contributed by atoms with E-state index in [4.69, 9.17) is 0 Å². The first-order valence-electron chi connectivity index (χ1n) is 7.13. The van der Waals surface area contributed by atoms with Gasteiger partial charge in [-0.05, 0) is 39.3 Å². The minimum atomic E-state index is -0.681. The summed E-state index contributed by atoms with van der Waals surface area (Å²) in [5, 5.41) is 12.9. The van der Waals surface area contributed by atoms with Crippen molar-refractivity contribution in [1.82, 2.24) is 10.2 Å². The molecule has 1 aliphatic rings. The number of hydrogen-bond acceptors (Lipinski definition) is 3. The maximum atomic E-state index is 11.6. The van der Waals surface area contributed by atoms with Crippen LogP contribution >= 0.6 is 0 Å². The Morgan fingerprint density at radius 2 is 2.11 bits per heavy atom. The Labute approximate surface area is 111 Å². The number of carboxylic acid groups (broad SMARTS) is 1. The lowest BCUT2D eigenvalue weighted by atomic mass is 9.89. The highest BCUT2D eigenvalue weighted by atomic mass is 16.4. The monoisotopic (exact) mass is 256 g/mol. The quantitative estimate of drug-likeness (QED) is 0.713. The van der Waals surface area contributed by atoms with E-state index >= 15 is 0 Å². The van der Waals surface area contributed by atoms with Gasteiger partial charge in [0.05, 0.1) is 0 Å². The third-order valence-electron chi connectivity index (χ3n) is 4.20. The van der Waals surface area contributed by atoms with E-state index in [2.05, 4.69) is 17.1 Å². The third kappa shape index (κ3) is 4.25. The van der Waals surface area contributed by atoms with Crippen LogP contribution in [0.3, 0.4) is 0 Å². The molecule has 0 heterocycles. The molecule has 0 spiro atoms. The number of aliphatic carboxylic acids is 1. The van der Waals surface area contributed by atoms with Crippen molar-refractivity contribution in [3.8, 4) is 0 Å². The van der Waals surface area contributed by atoms with Gasteiger partial charge in [0, 0.05) is 13.1 Å². The fourth-order valence-corrected chi connectivity index (χ4v) is 2.81. The SMILES string of the molecule is CCC1CCCC(NCCN(C)C)(C(=O)O)CC1. The largest absolute Gasteiger partial charge is 0.480 e. The van der Waals surface area contributed by atoms with Crippen molar-refractivity contribution in [1.29, 1.82) is 0 Å². The molecule has 1 fully saturated rings. The molecule has 4 heteroatoms. The molecule has 0 radical (unpaired) electrons. The van der Waals surface area contributed by atoms with Crippen LogP contribution in [0.5, 0.6) is 0 Å². The summed E-state index contributed by atoms with van der Waals surface area (Å²) in [5.41, 5.74) is -0.681. The van der Waals surface area contributed by atoms with Crippen LogP contribution in [0.2, 0.25) is 0 Å². The van der Waals surface area contributed by atoms with Crippen molar-refractivity contribution >= 4 is 5.97 Å². The van der Waals surface area contributed by atoms with E-state index in [9.17, 15) is 9.90 Å². The topological polar surface area (TPSA) is 52.6 Å². The van der Waals surface area contributed by atoms with Crippen molar-refractivity contribution in [2.24, 2.45) is 5.92 Å². The van der Waals surface area contributed by atoms with Crippen molar-refractivity contribution in [2.75, 3.05) is 27.2 Å². The minimum Gasteiger partial charge on any atom is -0.480 e. The number of carboxylic acids is 1. The lowest BCUT2D eigenvalue weighted by Gasteiger charge is -2.30. The summed E-state index contributed by atoms with van der Waals surface area (Å²) in [6.07, 6.45) is 5.96. The Kier molecular flexibility index (Phi) is 6.09. The van der Waals surface area contributed by atoms with Gasteiger partial charge in [0.25, 0.3) is 0 Å². The van der Waals surface area contributed by atoms with Gasteiger partial charge < -0.3 is 15.3 Å². The molecule has 2 unspecified atom stereocenters. The highest BCUT2D eigenvalue weighted by molar-refractivity contribution is 5.78. The number of nitrogens with zero attached hydrogens (tertiary/aromatic N) is 1. The molecule has 0 aromatic heterocycles. The van der Waals surface area contributed by atoms with Gasteiger partial charge in [-0.1, -0.05) is 26.2 Å². The number of rotatable bonds is 6. The molecule has 18 heavy (non-hydrogen) atoms. The summed E-state index contributed by atoms with van der Waals surface area (Å²) in [6, 6.07) is 0. The van der Waals surface area contributed by atoms with E-state index in [1.165, 1.54) is 12.8 Å². The Balaban J connectivity index is 2.59. The number of nitrogens with one attached hydrogen (secondary N) is 1. The lowest BCUT2D eigenvalue weighted by Crippen LogP contribution is -2.53. The minimum absolute atomic E-state index is 0.669. The van der Waals surface area contributed by atoms with Crippen LogP contribution in [0.25, 0.3) is 0 Å². The number of carbonyl (C=O) groups is 1. The summed E-state index contributed by atoms with van der Waals surface area (Å²) in [5.74, 6) is 0.0416. The van der Waals surface area contributed by atoms with Gasteiger partial charge in [0.1, 0.15) is 5.54 Å². The van der Waals surface area contributed by atoms with Gasteiger partial charge in [-0.15, -0.1) is 0 Å². The van der Waals surface area contributed by atoms with Gasteiger partial charge >= 0.3 is 5.97 Å². The van der Waals surface area contributed by atoms with E-state index in [1.54, 1.807) is 0 Å². The molecule has 4 nitrogen and oxygen atoms in total. The maximum Gasteiger partial charge on any atom is 0.323 e. The molecule has 106 valence electrons. The molecule has 0 saturated heterocycles. The molecule has 1 saturated carbocycles. The van der Waals surface area contributed by atoms with E-state index in [0.717, 1.165) is 38.8 Å². The number of hydrogen-bond donors (Lipinski definition) is 2. The van der Waals surface area contributed by atoms with Crippen LogP contribution in [0.1, 0.15) is 45.4 Å². The zero-order valence-electron chi connectivity index (χ0n) is 12.0. The van der Waals surface area contributed by atoms with Crippen LogP contribution in [-0.2, 0) is 4.79 Å². The fraction of sp³-hybridized carbons (Fsp3) is 0.929. The Morgan fingerprint density at radius 3 is 2.67 bits per heavy atom. The normalized spacial score (nSPS) is 29.2. The van der Waals surface area contributed by atoms with Crippen molar-refractivity contribution in [3.05, 3.63) is 0 Å². The molecule has 2 atom stereocenters. The van der Waals surface area contributed by atoms with Gasteiger partial charge in [-0.2, -0.15) is 0 Å². The molecule has 0 aromatic rings. The zero-order valence-corrected chi connectivity index (χ0v) is 12.0. The predicted molar refractivity (Wildman–Crippen MR) is 73.8 cm³/mol. The van der Waals surface area contributed by atoms with Gasteiger partial charge in [0.15, 0.2) is 0 Å². The first-order valence-corrected chi connectivity index (χ1v) is 7.13. The highest BCUT2D eigenvalue weighted by Gasteiger charge is 2.39. The van der Waals surface area contributed by atoms with E-state index in [1.807, 2.05) is 14.1 Å². The Hall–Kier alpha value is -0.610. The lowest BCUT2D eigenvalue weighted by molar-refractivity contribution is -0.145. The summed E-state index contributed by atoms with van der Waals surface area (Å²) >= 11 is 0. The second-order valence-corrected chi connectivity index (χ2v) is 5.82. The average molecular weight is 256 g/mol. The number of likely N-dealkylation sites (N-methyl/N-ethyl adjacent to an activating group) is 1. The zero-order chi connectivity index (χ0) is 13.6. The smallest absolute Gasteiger partial charge is 0.323 e. The molecular weight excluding hydrogens is 228 g/mol. The van der Waals surface area contributed by atoms with Crippen molar-refractivity contribution in [2.45, 2.75) is 51.0 Å². The first kappa shape index (κ1) is 15.4. The molecule has 0 aromatic carbocycles. The molecule has 0 aliphatic heterocycles. The van der Waals surface area contributed by atoms with E-state index in [-0.39, 0.29) is 0 Å². The second-order valence-electron chi connectivity index (χ2n) is 5.82. The third-order valence-corrected chi connectivity index (χ3v) is 4.20. The average Bonchev–Trinajstić information content (AvgIpc) is 2.52. The molecular formula is C14H28N2O2. The fourth-order valence-electron chi connectivity index (χ4n) is 2.81. The van der Waals surface area contributed by atoms with E-state index in [0.29, 0.717) is 5.92 Å². The van der Waals surface area contributed by atoms with Crippen LogP contribution < -0.4 is 5.32 Å². The molecule has 0 amide bonds. The summed E-state index contributed by atoms with van der Waals surface area (Å²) in [4.78, 5) is 13.7. The van der Waals surface area contributed by atoms with Gasteiger partial charge in [-0.25, -0.2) is 0 Å². The molecule has 1 aliphatic carbocycles. The summed E-state index contributed by atoms with van der Waals surface area (Å²) < 4.78 is 0. The summed E-state index contributed by atoms with van der Waals surface area (Å²) in [7, 11) is 4.02. The second kappa shape index (κ2) is 7.10. The van der Waals surface area contributed by atoms with Gasteiger partial charge in [0.2, 0.25) is 0 Å². The molecule has 2 N–H and O–H groups in total. The molecule has 1 rings (SSSR count). The van der Waals surface area contributed by atoms with Gasteiger partial charge in [-0.3, -0.25) is 4.79 Å². The summed E-state index contributed by atoms with van der Waals surface area (Å²) in [6.45, 7) is 3.83. The van der Waals surface area contributed by atoms with Crippen LogP contribution in [0.15, 0.2) is 0 Å². The predicted octanol–water partition coefficient (Wildman–Crippen LogP) is 1.95. The van der Waals surface area contributed by atoms with Crippen molar-refractivity contribution < 1.29 is 9.90 Å². The Morgan fingerprint density at radius 1 is 1.39 bits per heavy atom. The Bertz CT molecular complexity index is 269. The van der Waals surface area contributed by atoms with Crippen molar-refractivity contribution in [3.63, 3.8) is 0 Å². The maximum absolute atomic E-state index is 11.6. The van der Waals surface area contributed by atoms with E-state index < -0.39 is 11.5 Å². The van der Waals surface area contributed by atoms with Crippen LogP contribution in [-0.4, -0.2) is 48.7 Å². The van der Waals surface area contributed by atoms with Crippen LogP contribution in [0.4, 0.5) is 0 Å².